The van der Waals surface area contributed by atoms with E-state index in [0.29, 0.717) is 0 Å². The zero-order valence-corrected chi connectivity index (χ0v) is 9.21. The Morgan fingerprint density at radius 2 is 1.89 bits per heavy atom. The van der Waals surface area contributed by atoms with Crippen molar-refractivity contribution >= 4 is 10.8 Å². The molecule has 0 bridgehead atoms. The molecule has 0 saturated heterocycles. The fraction of sp³-hybridized carbons (Fsp3) is 0.0769. The van der Waals surface area contributed by atoms with E-state index in [2.05, 4.69) is 6.58 Å². The molecule has 0 amide bonds. The number of benzene rings is 2. The van der Waals surface area contributed by atoms with Gasteiger partial charge in [-0.3, -0.25) is 0 Å². The third kappa shape index (κ3) is 1.88. The van der Waals surface area contributed by atoms with Crippen LogP contribution in [0.4, 0.5) is 13.2 Å². The first-order valence-electron chi connectivity index (χ1n) is 5.09. The Hall–Kier alpha value is -2.17. The predicted octanol–water partition coefficient (Wildman–Crippen LogP) is 3.53. The summed E-state index contributed by atoms with van der Waals surface area (Å²) in [6.45, 7) is 3.38. The van der Waals surface area contributed by atoms with Crippen LogP contribution in [0.5, 0.6) is 11.5 Å². The molecule has 0 fully saturated rings. The van der Waals surface area contributed by atoms with Gasteiger partial charge in [0.1, 0.15) is 6.61 Å². The van der Waals surface area contributed by atoms with E-state index < -0.39 is 28.6 Å². The number of halogens is 3. The lowest BCUT2D eigenvalue weighted by atomic mass is 10.1. The maximum Gasteiger partial charge on any atom is 0.201 e. The van der Waals surface area contributed by atoms with Gasteiger partial charge in [-0.15, -0.1) is 0 Å². The number of phenolic OH excluding ortho intramolecular Hbond substituents is 1. The number of rotatable bonds is 3. The van der Waals surface area contributed by atoms with Gasteiger partial charge in [-0.25, -0.2) is 8.78 Å². The van der Waals surface area contributed by atoms with E-state index in [9.17, 15) is 13.2 Å². The highest BCUT2D eigenvalue weighted by atomic mass is 19.2. The molecule has 0 aromatic heterocycles. The second-order valence-electron chi connectivity index (χ2n) is 3.60. The van der Waals surface area contributed by atoms with E-state index in [1.807, 2.05) is 0 Å². The Morgan fingerprint density at radius 1 is 1.17 bits per heavy atom. The molecular weight excluding hydrogens is 245 g/mol. The summed E-state index contributed by atoms with van der Waals surface area (Å²) in [5.74, 6) is -4.95. The molecule has 0 aliphatic carbocycles. The number of fused-ring (bicyclic) bond motifs is 1. The molecule has 2 rings (SSSR count). The van der Waals surface area contributed by atoms with Gasteiger partial charge < -0.3 is 9.84 Å². The maximum absolute atomic E-state index is 13.7. The summed E-state index contributed by atoms with van der Waals surface area (Å²) in [7, 11) is 0. The van der Waals surface area contributed by atoms with Crippen LogP contribution in [0.15, 0.2) is 30.9 Å². The first-order chi connectivity index (χ1) is 8.56. The molecule has 0 unspecified atom stereocenters. The molecule has 0 radical (unpaired) electrons. The van der Waals surface area contributed by atoms with Gasteiger partial charge in [0.2, 0.25) is 5.82 Å². The largest absolute Gasteiger partial charge is 0.505 e. The van der Waals surface area contributed by atoms with Crippen molar-refractivity contribution in [2.45, 2.75) is 0 Å². The minimum Gasteiger partial charge on any atom is -0.505 e. The first-order valence-corrected chi connectivity index (χ1v) is 5.09. The Morgan fingerprint density at radius 3 is 2.56 bits per heavy atom. The molecule has 0 aliphatic rings. The van der Waals surface area contributed by atoms with Crippen LogP contribution >= 0.6 is 0 Å². The van der Waals surface area contributed by atoms with E-state index in [-0.39, 0.29) is 17.7 Å². The van der Waals surface area contributed by atoms with E-state index in [1.54, 1.807) is 0 Å². The molecule has 2 nitrogen and oxygen atoms in total. The smallest absolute Gasteiger partial charge is 0.201 e. The number of ether oxygens (including phenoxy) is 1. The summed E-state index contributed by atoms with van der Waals surface area (Å²) in [6.07, 6.45) is 1.37. The number of phenols is 1. The fourth-order valence-corrected chi connectivity index (χ4v) is 1.60. The highest BCUT2D eigenvalue weighted by molar-refractivity contribution is 5.86. The minimum atomic E-state index is -1.39. The molecule has 0 aliphatic heterocycles. The summed E-state index contributed by atoms with van der Waals surface area (Å²) >= 11 is 0. The van der Waals surface area contributed by atoms with Gasteiger partial charge in [-0.1, -0.05) is 18.7 Å². The van der Waals surface area contributed by atoms with Crippen molar-refractivity contribution in [1.82, 2.24) is 0 Å². The average molecular weight is 254 g/mol. The standard InChI is InChI=1S/C13H9F3O2/c1-2-5-18-9-6-7-3-4-8(17)11(14)10(7)13(16)12(9)15/h2-4,6,17H,1,5H2. The maximum atomic E-state index is 13.7. The van der Waals surface area contributed by atoms with E-state index in [0.717, 1.165) is 6.07 Å². The van der Waals surface area contributed by atoms with Gasteiger partial charge in [0, 0.05) is 0 Å². The predicted molar refractivity (Wildman–Crippen MR) is 61.2 cm³/mol. The molecule has 94 valence electrons. The van der Waals surface area contributed by atoms with Crippen molar-refractivity contribution in [3.05, 3.63) is 48.3 Å². The molecule has 1 N–H and O–H groups in total. The van der Waals surface area contributed by atoms with Crippen LogP contribution in [-0.2, 0) is 0 Å². The molecule has 0 saturated carbocycles. The van der Waals surface area contributed by atoms with Crippen LogP contribution in [0.25, 0.3) is 10.8 Å². The van der Waals surface area contributed by atoms with Crippen LogP contribution in [0, 0.1) is 17.5 Å². The quantitative estimate of drug-likeness (QED) is 0.849. The van der Waals surface area contributed by atoms with Gasteiger partial charge in [0.05, 0.1) is 5.39 Å². The highest BCUT2D eigenvalue weighted by Gasteiger charge is 2.19. The topological polar surface area (TPSA) is 29.5 Å². The molecule has 0 heterocycles. The third-order valence-electron chi connectivity index (χ3n) is 2.43. The summed E-state index contributed by atoms with van der Waals surface area (Å²) < 4.78 is 45.7. The fourth-order valence-electron chi connectivity index (χ4n) is 1.60. The van der Waals surface area contributed by atoms with Crippen LogP contribution in [-0.4, -0.2) is 11.7 Å². The second kappa shape index (κ2) is 4.60. The lowest BCUT2D eigenvalue weighted by Gasteiger charge is -2.09. The van der Waals surface area contributed by atoms with Crippen LogP contribution in [0.2, 0.25) is 0 Å². The molecule has 2 aromatic rings. The van der Waals surface area contributed by atoms with Crippen LogP contribution in [0.3, 0.4) is 0 Å². The minimum absolute atomic E-state index is 0.00241. The molecule has 18 heavy (non-hydrogen) atoms. The molecule has 0 spiro atoms. The van der Waals surface area contributed by atoms with Gasteiger partial charge >= 0.3 is 0 Å². The Kier molecular flexibility index (Phi) is 3.14. The van der Waals surface area contributed by atoms with Crippen molar-refractivity contribution < 1.29 is 23.0 Å². The normalized spacial score (nSPS) is 10.6. The first kappa shape index (κ1) is 12.3. The van der Waals surface area contributed by atoms with Crippen molar-refractivity contribution in [2.24, 2.45) is 0 Å². The van der Waals surface area contributed by atoms with Gasteiger partial charge in [0.15, 0.2) is 23.1 Å². The zero-order chi connectivity index (χ0) is 13.3. The Labute approximate surface area is 101 Å². The van der Waals surface area contributed by atoms with Crippen LogP contribution in [0.1, 0.15) is 0 Å². The van der Waals surface area contributed by atoms with Crippen molar-refractivity contribution in [2.75, 3.05) is 6.61 Å². The monoisotopic (exact) mass is 254 g/mol. The van der Waals surface area contributed by atoms with Crippen molar-refractivity contribution in [3.8, 4) is 11.5 Å². The van der Waals surface area contributed by atoms with E-state index >= 15 is 0 Å². The summed E-state index contributed by atoms with van der Waals surface area (Å²) in [5.41, 5.74) is 0. The Bertz CT molecular complexity index is 623. The van der Waals surface area contributed by atoms with E-state index in [4.69, 9.17) is 9.84 Å². The van der Waals surface area contributed by atoms with Gasteiger partial charge in [0.25, 0.3) is 0 Å². The lowest BCUT2D eigenvalue weighted by molar-refractivity contribution is 0.334. The molecular formula is C13H9F3O2. The lowest BCUT2D eigenvalue weighted by Crippen LogP contribution is -1.99. The number of hydrogen-bond donors (Lipinski definition) is 1. The van der Waals surface area contributed by atoms with Crippen molar-refractivity contribution in [1.29, 1.82) is 0 Å². The number of aromatic hydroxyl groups is 1. The summed E-state index contributed by atoms with van der Waals surface area (Å²) in [6, 6.07) is 3.50. The molecule has 2 aromatic carbocycles. The zero-order valence-electron chi connectivity index (χ0n) is 9.21. The highest BCUT2D eigenvalue weighted by Crippen LogP contribution is 2.33. The van der Waals surface area contributed by atoms with Crippen molar-refractivity contribution in [3.63, 3.8) is 0 Å². The third-order valence-corrected chi connectivity index (χ3v) is 2.43. The second-order valence-corrected chi connectivity index (χ2v) is 3.60. The average Bonchev–Trinajstić information content (AvgIpc) is 2.36. The Balaban J connectivity index is 2.70. The molecule has 0 atom stereocenters. The SMILES string of the molecule is C=CCOc1cc2ccc(O)c(F)c2c(F)c1F. The summed E-state index contributed by atoms with van der Waals surface area (Å²) in [4.78, 5) is 0. The van der Waals surface area contributed by atoms with Crippen LogP contribution < -0.4 is 4.74 Å². The van der Waals surface area contributed by atoms with Gasteiger partial charge in [-0.2, -0.15) is 4.39 Å². The van der Waals surface area contributed by atoms with E-state index in [1.165, 1.54) is 18.2 Å². The number of hydrogen-bond acceptors (Lipinski definition) is 2. The summed E-state index contributed by atoms with van der Waals surface area (Å²) in [5, 5.41) is 8.64. The molecule has 5 heteroatoms. The van der Waals surface area contributed by atoms with Gasteiger partial charge in [-0.05, 0) is 17.5 Å².